The zero-order valence-electron chi connectivity index (χ0n) is 10.7. The number of rotatable bonds is 5. The molecule has 100 valence electrons. The maximum atomic E-state index is 12.3. The van der Waals surface area contributed by atoms with E-state index in [-0.39, 0.29) is 0 Å². The minimum absolute atomic E-state index is 0.292. The van der Waals surface area contributed by atoms with E-state index >= 15 is 0 Å². The molecule has 0 unspecified atom stereocenters. The molecule has 0 spiro atoms. The van der Waals surface area contributed by atoms with Crippen LogP contribution in [0.1, 0.15) is 20.0 Å². The summed E-state index contributed by atoms with van der Waals surface area (Å²) < 4.78 is 5.03. The summed E-state index contributed by atoms with van der Waals surface area (Å²) >= 11 is 1.22. The van der Waals surface area contributed by atoms with Crippen LogP contribution in [-0.4, -0.2) is 18.7 Å². The Kier molecular flexibility index (Phi) is 4.28. The van der Waals surface area contributed by atoms with Crippen LogP contribution >= 0.6 is 11.3 Å². The van der Waals surface area contributed by atoms with E-state index in [1.54, 1.807) is 41.8 Å². The van der Waals surface area contributed by atoms with E-state index in [1.807, 2.05) is 0 Å². The van der Waals surface area contributed by atoms with Crippen molar-refractivity contribution in [3.05, 3.63) is 52.2 Å². The third kappa shape index (κ3) is 2.76. The van der Waals surface area contributed by atoms with E-state index in [4.69, 9.17) is 10.00 Å². The molecule has 0 saturated carbocycles. The van der Waals surface area contributed by atoms with Gasteiger partial charge in [0.05, 0.1) is 18.1 Å². The fourth-order valence-corrected chi connectivity index (χ4v) is 2.44. The minimum Gasteiger partial charge on any atom is -0.497 e. The van der Waals surface area contributed by atoms with Gasteiger partial charge in [-0.1, -0.05) is 18.2 Å². The highest BCUT2D eigenvalue weighted by Gasteiger charge is 2.29. The SMILES string of the molecule is COc1cccc(C(=O)[C@H](C#N)C(=O)c2cccs2)c1. The Morgan fingerprint density at radius 3 is 2.65 bits per heavy atom. The molecule has 0 aliphatic heterocycles. The molecule has 0 fully saturated rings. The van der Waals surface area contributed by atoms with Crippen molar-refractivity contribution < 1.29 is 14.3 Å². The second-order valence-electron chi connectivity index (χ2n) is 4.00. The number of carbonyl (C=O) groups excluding carboxylic acids is 2. The van der Waals surface area contributed by atoms with Gasteiger partial charge in [-0.15, -0.1) is 11.3 Å². The summed E-state index contributed by atoms with van der Waals surface area (Å²) in [6.07, 6.45) is 0. The average Bonchev–Trinajstić information content (AvgIpc) is 3.02. The maximum absolute atomic E-state index is 12.3. The molecule has 0 aliphatic rings. The number of hydrogen-bond acceptors (Lipinski definition) is 5. The van der Waals surface area contributed by atoms with Gasteiger partial charge in [0.1, 0.15) is 5.75 Å². The maximum Gasteiger partial charge on any atom is 0.197 e. The molecule has 1 aromatic heterocycles. The zero-order valence-corrected chi connectivity index (χ0v) is 11.5. The number of nitriles is 1. The standard InChI is InChI=1S/C15H11NO3S/c1-19-11-5-2-4-10(8-11)14(17)12(9-16)15(18)13-6-3-7-20-13/h2-8,12H,1H3/t12-/m0/s1. The number of nitrogens with zero attached hydrogens (tertiary/aromatic N) is 1. The minimum atomic E-state index is -1.32. The lowest BCUT2D eigenvalue weighted by atomic mass is 9.94. The molecule has 0 aliphatic carbocycles. The van der Waals surface area contributed by atoms with Crippen molar-refractivity contribution in [1.29, 1.82) is 5.26 Å². The summed E-state index contributed by atoms with van der Waals surface area (Å²) in [4.78, 5) is 24.8. The van der Waals surface area contributed by atoms with Crippen LogP contribution in [0.4, 0.5) is 0 Å². The van der Waals surface area contributed by atoms with Crippen molar-refractivity contribution in [2.45, 2.75) is 0 Å². The first kappa shape index (κ1) is 14.0. The molecule has 0 saturated heterocycles. The molecule has 4 nitrogen and oxygen atoms in total. The fraction of sp³-hybridized carbons (Fsp3) is 0.133. The smallest absolute Gasteiger partial charge is 0.197 e. The molecule has 1 atom stereocenters. The highest BCUT2D eigenvalue weighted by atomic mass is 32.1. The van der Waals surface area contributed by atoms with Crippen molar-refractivity contribution in [3.8, 4) is 11.8 Å². The van der Waals surface area contributed by atoms with E-state index in [0.717, 1.165) is 0 Å². The molecule has 20 heavy (non-hydrogen) atoms. The Balaban J connectivity index is 2.30. The van der Waals surface area contributed by atoms with E-state index in [9.17, 15) is 9.59 Å². The van der Waals surface area contributed by atoms with E-state index < -0.39 is 17.5 Å². The lowest BCUT2D eigenvalue weighted by Gasteiger charge is -2.07. The number of Topliss-reactive ketones (excluding diaryl/α,β-unsaturated/α-hetero) is 2. The van der Waals surface area contributed by atoms with Crippen LogP contribution in [0.3, 0.4) is 0 Å². The number of hydrogen-bond donors (Lipinski definition) is 0. The third-order valence-electron chi connectivity index (χ3n) is 2.77. The van der Waals surface area contributed by atoms with Crippen molar-refractivity contribution in [3.63, 3.8) is 0 Å². The van der Waals surface area contributed by atoms with Crippen LogP contribution in [-0.2, 0) is 0 Å². The lowest BCUT2D eigenvalue weighted by Crippen LogP contribution is -2.22. The number of carbonyl (C=O) groups is 2. The topological polar surface area (TPSA) is 67.2 Å². The van der Waals surface area contributed by atoms with Crippen molar-refractivity contribution in [2.24, 2.45) is 5.92 Å². The number of methoxy groups -OCH3 is 1. The Labute approximate surface area is 120 Å². The quantitative estimate of drug-likeness (QED) is 0.625. The predicted octanol–water partition coefficient (Wildman–Crippen LogP) is 2.96. The van der Waals surface area contributed by atoms with Gasteiger partial charge in [0.15, 0.2) is 17.5 Å². The van der Waals surface area contributed by atoms with Crippen LogP contribution in [0.15, 0.2) is 41.8 Å². The Hall–Kier alpha value is -2.45. The highest BCUT2D eigenvalue weighted by molar-refractivity contribution is 7.12. The Morgan fingerprint density at radius 2 is 2.05 bits per heavy atom. The monoisotopic (exact) mass is 285 g/mol. The Morgan fingerprint density at radius 1 is 1.25 bits per heavy atom. The average molecular weight is 285 g/mol. The summed E-state index contributed by atoms with van der Waals surface area (Å²) in [6, 6.07) is 11.5. The van der Waals surface area contributed by atoms with E-state index in [2.05, 4.69) is 0 Å². The van der Waals surface area contributed by atoms with Gasteiger partial charge in [-0.3, -0.25) is 9.59 Å². The fourth-order valence-electron chi connectivity index (χ4n) is 1.74. The summed E-state index contributed by atoms with van der Waals surface area (Å²) in [6.45, 7) is 0. The second kappa shape index (κ2) is 6.13. The third-order valence-corrected chi connectivity index (χ3v) is 3.66. The first-order valence-electron chi connectivity index (χ1n) is 5.83. The summed E-state index contributed by atoms with van der Waals surface area (Å²) in [7, 11) is 1.49. The van der Waals surface area contributed by atoms with Crippen LogP contribution in [0.5, 0.6) is 5.75 Å². The van der Waals surface area contributed by atoms with Crippen molar-refractivity contribution in [1.82, 2.24) is 0 Å². The molecular weight excluding hydrogens is 274 g/mol. The van der Waals surface area contributed by atoms with Crippen molar-refractivity contribution >= 4 is 22.9 Å². The van der Waals surface area contributed by atoms with Crippen LogP contribution in [0.25, 0.3) is 0 Å². The largest absolute Gasteiger partial charge is 0.497 e. The lowest BCUT2D eigenvalue weighted by molar-refractivity contribution is 0.0848. The molecule has 0 bridgehead atoms. The van der Waals surface area contributed by atoms with Crippen LogP contribution in [0, 0.1) is 17.2 Å². The number of ketones is 2. The molecule has 2 aromatic rings. The van der Waals surface area contributed by atoms with Gasteiger partial charge in [0, 0.05) is 5.56 Å². The summed E-state index contributed by atoms with van der Waals surface area (Å²) in [5, 5.41) is 10.9. The summed E-state index contributed by atoms with van der Waals surface area (Å²) in [5.41, 5.74) is 0.292. The predicted molar refractivity (Wildman–Crippen MR) is 75.1 cm³/mol. The van der Waals surface area contributed by atoms with Crippen molar-refractivity contribution in [2.75, 3.05) is 7.11 Å². The zero-order chi connectivity index (χ0) is 14.5. The van der Waals surface area contributed by atoms with Gasteiger partial charge >= 0.3 is 0 Å². The van der Waals surface area contributed by atoms with E-state index in [1.165, 1.54) is 24.5 Å². The molecule has 2 rings (SSSR count). The second-order valence-corrected chi connectivity index (χ2v) is 4.95. The van der Waals surface area contributed by atoms with Gasteiger partial charge in [0.2, 0.25) is 0 Å². The van der Waals surface area contributed by atoms with Crippen LogP contribution < -0.4 is 4.74 Å². The van der Waals surface area contributed by atoms with Gasteiger partial charge in [-0.05, 0) is 23.6 Å². The molecule has 0 N–H and O–H groups in total. The normalized spacial score (nSPS) is 11.4. The first-order valence-corrected chi connectivity index (χ1v) is 6.71. The van der Waals surface area contributed by atoms with Crippen LogP contribution in [0.2, 0.25) is 0 Å². The molecule has 0 radical (unpaired) electrons. The highest BCUT2D eigenvalue weighted by Crippen LogP contribution is 2.20. The molecule has 5 heteroatoms. The number of benzene rings is 1. The van der Waals surface area contributed by atoms with E-state index in [0.29, 0.717) is 16.2 Å². The van der Waals surface area contributed by atoms with Gasteiger partial charge in [0.25, 0.3) is 0 Å². The molecule has 1 aromatic carbocycles. The molecule has 0 amide bonds. The summed E-state index contributed by atoms with van der Waals surface area (Å²) in [5.74, 6) is -1.78. The van der Waals surface area contributed by atoms with Gasteiger partial charge in [-0.2, -0.15) is 5.26 Å². The van der Waals surface area contributed by atoms with Gasteiger partial charge in [-0.25, -0.2) is 0 Å². The number of ether oxygens (including phenoxy) is 1. The first-order chi connectivity index (χ1) is 9.67. The van der Waals surface area contributed by atoms with Gasteiger partial charge < -0.3 is 4.74 Å². The Bertz CT molecular complexity index is 671. The molecule has 1 heterocycles. The number of thiophene rings is 1. The molecular formula is C15H11NO3S.